The number of nitrogens with zero attached hydrogens (tertiary/aromatic N) is 2. The summed E-state index contributed by atoms with van der Waals surface area (Å²) in [4.78, 5) is 14.8. The average Bonchev–Trinajstić information content (AvgIpc) is 2.67. The highest BCUT2D eigenvalue weighted by Gasteiger charge is 2.30. The van der Waals surface area contributed by atoms with Crippen LogP contribution in [0.15, 0.2) is 24.3 Å². The Morgan fingerprint density at radius 3 is 2.79 bits per heavy atom. The standard InChI is InChI=1S/C16H20N2O/c1-11-13-6-4-5-7-15(13)18-14(11)9-8-12(16(18)19)10-17(2)3/h4-7,12H,8-10H2,1-3H3. The number of para-hydroxylation sites is 1. The molecule has 100 valence electrons. The number of hydrogen-bond donors (Lipinski definition) is 0. The predicted octanol–water partition coefficient (Wildman–Crippen LogP) is 2.71. The number of benzene rings is 1. The van der Waals surface area contributed by atoms with E-state index in [1.165, 1.54) is 16.6 Å². The van der Waals surface area contributed by atoms with E-state index in [9.17, 15) is 4.79 Å². The zero-order valence-electron chi connectivity index (χ0n) is 11.8. The zero-order valence-corrected chi connectivity index (χ0v) is 11.8. The SMILES string of the molecule is Cc1c2n(c3ccccc13)C(=O)C(CN(C)C)CC2. The summed E-state index contributed by atoms with van der Waals surface area (Å²) in [6, 6.07) is 8.23. The lowest BCUT2D eigenvalue weighted by molar-refractivity contribution is 0.0783. The van der Waals surface area contributed by atoms with E-state index in [4.69, 9.17) is 0 Å². The summed E-state index contributed by atoms with van der Waals surface area (Å²) >= 11 is 0. The molecule has 19 heavy (non-hydrogen) atoms. The van der Waals surface area contributed by atoms with Crippen LogP contribution in [-0.2, 0) is 6.42 Å². The van der Waals surface area contributed by atoms with Gasteiger partial charge in [-0.25, -0.2) is 0 Å². The van der Waals surface area contributed by atoms with Crippen LogP contribution in [0, 0.1) is 12.8 Å². The normalized spacial score (nSPS) is 19.2. The van der Waals surface area contributed by atoms with E-state index in [1.54, 1.807) is 0 Å². The molecule has 3 nitrogen and oxygen atoms in total. The second-order valence-electron chi connectivity index (χ2n) is 5.76. The maximum atomic E-state index is 12.7. The molecule has 2 heterocycles. The quantitative estimate of drug-likeness (QED) is 0.825. The predicted molar refractivity (Wildman–Crippen MR) is 77.7 cm³/mol. The van der Waals surface area contributed by atoms with Gasteiger partial charge in [0.05, 0.1) is 11.4 Å². The molecule has 0 N–H and O–H groups in total. The Kier molecular flexibility index (Phi) is 2.94. The van der Waals surface area contributed by atoms with Gasteiger partial charge in [0, 0.05) is 17.6 Å². The third kappa shape index (κ3) is 1.89. The second-order valence-corrected chi connectivity index (χ2v) is 5.76. The average molecular weight is 256 g/mol. The maximum absolute atomic E-state index is 12.7. The van der Waals surface area contributed by atoms with Crippen molar-refractivity contribution in [3.63, 3.8) is 0 Å². The first-order chi connectivity index (χ1) is 9.09. The molecular weight excluding hydrogens is 236 g/mol. The van der Waals surface area contributed by atoms with Crippen molar-refractivity contribution in [1.82, 2.24) is 9.47 Å². The first-order valence-corrected chi connectivity index (χ1v) is 6.87. The number of fused-ring (bicyclic) bond motifs is 3. The van der Waals surface area contributed by atoms with Crippen molar-refractivity contribution in [2.75, 3.05) is 20.6 Å². The van der Waals surface area contributed by atoms with Crippen molar-refractivity contribution in [3.05, 3.63) is 35.5 Å². The van der Waals surface area contributed by atoms with Crippen LogP contribution >= 0.6 is 0 Å². The highest BCUT2D eigenvalue weighted by Crippen LogP contribution is 2.31. The third-order valence-corrected chi connectivity index (χ3v) is 4.14. The highest BCUT2D eigenvalue weighted by atomic mass is 16.2. The summed E-state index contributed by atoms with van der Waals surface area (Å²) in [7, 11) is 4.06. The topological polar surface area (TPSA) is 25.2 Å². The largest absolute Gasteiger partial charge is 0.309 e. The van der Waals surface area contributed by atoms with E-state index in [2.05, 4.69) is 24.0 Å². The first-order valence-electron chi connectivity index (χ1n) is 6.87. The monoisotopic (exact) mass is 256 g/mol. The van der Waals surface area contributed by atoms with Crippen molar-refractivity contribution >= 4 is 16.8 Å². The van der Waals surface area contributed by atoms with Crippen molar-refractivity contribution < 1.29 is 4.79 Å². The van der Waals surface area contributed by atoms with Crippen LogP contribution in [0.25, 0.3) is 10.9 Å². The minimum Gasteiger partial charge on any atom is -0.309 e. The molecule has 0 bridgehead atoms. The molecular formula is C16H20N2O. The maximum Gasteiger partial charge on any atom is 0.235 e. The number of hydrogen-bond acceptors (Lipinski definition) is 2. The smallest absolute Gasteiger partial charge is 0.235 e. The van der Waals surface area contributed by atoms with Crippen LogP contribution < -0.4 is 0 Å². The summed E-state index contributed by atoms with van der Waals surface area (Å²) in [6.07, 6.45) is 1.97. The lowest BCUT2D eigenvalue weighted by Crippen LogP contribution is -2.35. The van der Waals surface area contributed by atoms with Crippen LogP contribution in [0.2, 0.25) is 0 Å². The van der Waals surface area contributed by atoms with Crippen LogP contribution in [0.5, 0.6) is 0 Å². The summed E-state index contributed by atoms with van der Waals surface area (Å²) in [6.45, 7) is 2.97. The van der Waals surface area contributed by atoms with E-state index >= 15 is 0 Å². The Balaban J connectivity index is 2.13. The van der Waals surface area contributed by atoms with Crippen molar-refractivity contribution in [1.29, 1.82) is 0 Å². The molecule has 0 radical (unpaired) electrons. The first kappa shape index (κ1) is 12.4. The molecule has 0 saturated heterocycles. The molecule has 0 saturated carbocycles. The van der Waals surface area contributed by atoms with Crippen molar-refractivity contribution in [3.8, 4) is 0 Å². The summed E-state index contributed by atoms with van der Waals surface area (Å²) < 4.78 is 1.96. The Morgan fingerprint density at radius 1 is 1.32 bits per heavy atom. The highest BCUT2D eigenvalue weighted by molar-refractivity contribution is 5.97. The minimum atomic E-state index is 0.123. The van der Waals surface area contributed by atoms with Crippen LogP contribution in [0.3, 0.4) is 0 Å². The number of aromatic nitrogens is 1. The Hall–Kier alpha value is -1.61. The van der Waals surface area contributed by atoms with Gasteiger partial charge in [-0.15, -0.1) is 0 Å². The number of carbonyl (C=O) groups is 1. The Labute approximate surface area is 113 Å². The molecule has 1 unspecified atom stereocenters. The fourth-order valence-corrected chi connectivity index (χ4v) is 3.23. The van der Waals surface area contributed by atoms with E-state index < -0.39 is 0 Å². The minimum absolute atomic E-state index is 0.123. The number of aryl methyl sites for hydroxylation is 1. The molecule has 1 aliphatic heterocycles. The van der Waals surface area contributed by atoms with Crippen molar-refractivity contribution in [2.45, 2.75) is 19.8 Å². The van der Waals surface area contributed by atoms with Gasteiger partial charge in [0.25, 0.3) is 0 Å². The van der Waals surface area contributed by atoms with Gasteiger partial charge in [0.15, 0.2) is 0 Å². The van der Waals surface area contributed by atoms with Gasteiger partial charge in [0.2, 0.25) is 5.91 Å². The van der Waals surface area contributed by atoms with Gasteiger partial charge in [-0.05, 0) is 45.5 Å². The van der Waals surface area contributed by atoms with Gasteiger partial charge in [-0.3, -0.25) is 9.36 Å². The molecule has 0 fully saturated rings. The van der Waals surface area contributed by atoms with Crippen molar-refractivity contribution in [2.24, 2.45) is 5.92 Å². The third-order valence-electron chi connectivity index (χ3n) is 4.14. The lowest BCUT2D eigenvalue weighted by Gasteiger charge is -2.26. The summed E-state index contributed by atoms with van der Waals surface area (Å²) in [5.41, 5.74) is 3.55. The molecule has 1 atom stereocenters. The number of rotatable bonds is 2. The molecule has 1 aromatic carbocycles. The molecule has 2 aromatic rings. The molecule has 0 amide bonds. The van der Waals surface area contributed by atoms with E-state index in [1.807, 2.05) is 30.8 Å². The summed E-state index contributed by atoms with van der Waals surface area (Å²) in [5.74, 6) is 0.386. The number of carbonyl (C=O) groups excluding carboxylic acids is 1. The van der Waals surface area contributed by atoms with Gasteiger partial charge in [-0.1, -0.05) is 18.2 Å². The molecule has 1 aromatic heterocycles. The summed E-state index contributed by atoms with van der Waals surface area (Å²) in [5, 5.41) is 1.22. The molecule has 0 aliphatic carbocycles. The fourth-order valence-electron chi connectivity index (χ4n) is 3.23. The van der Waals surface area contributed by atoms with Crippen LogP contribution in [0.4, 0.5) is 0 Å². The molecule has 3 rings (SSSR count). The van der Waals surface area contributed by atoms with E-state index in [0.29, 0.717) is 0 Å². The zero-order chi connectivity index (χ0) is 13.6. The fraction of sp³-hybridized carbons (Fsp3) is 0.438. The van der Waals surface area contributed by atoms with Gasteiger partial charge in [0.1, 0.15) is 0 Å². The van der Waals surface area contributed by atoms with Gasteiger partial charge in [-0.2, -0.15) is 0 Å². The van der Waals surface area contributed by atoms with Gasteiger partial charge >= 0.3 is 0 Å². The van der Waals surface area contributed by atoms with E-state index in [-0.39, 0.29) is 11.8 Å². The lowest BCUT2D eigenvalue weighted by atomic mass is 9.95. The second kappa shape index (κ2) is 4.49. The Bertz CT molecular complexity index is 639. The molecule has 0 spiro atoms. The van der Waals surface area contributed by atoms with Gasteiger partial charge < -0.3 is 4.90 Å². The molecule has 1 aliphatic rings. The van der Waals surface area contributed by atoms with Crippen LogP contribution in [0.1, 0.15) is 22.5 Å². The Morgan fingerprint density at radius 2 is 2.05 bits per heavy atom. The van der Waals surface area contributed by atoms with E-state index in [0.717, 1.165) is 24.9 Å². The molecule has 3 heteroatoms. The van der Waals surface area contributed by atoms with Crippen LogP contribution in [-0.4, -0.2) is 36.0 Å².